The van der Waals surface area contributed by atoms with E-state index in [4.69, 9.17) is 36.3 Å². The fraction of sp³-hybridized carbons (Fsp3) is 0.391. The second-order valence-electron chi connectivity index (χ2n) is 16.6. The molecule has 71 heavy (non-hydrogen) atoms. The van der Waals surface area contributed by atoms with E-state index in [0.29, 0.717) is 22.6 Å². The Labute approximate surface area is 412 Å². The molecule has 2 aromatic heterocycles. The molecule has 2 unspecified atom stereocenters. The van der Waals surface area contributed by atoms with Gasteiger partial charge in [-0.3, -0.25) is 38.6 Å². The molecule has 0 spiro atoms. The van der Waals surface area contributed by atoms with E-state index >= 15 is 0 Å². The van der Waals surface area contributed by atoms with Crippen LogP contribution in [0.4, 0.5) is 20.2 Å². The number of anilines is 2. The van der Waals surface area contributed by atoms with Gasteiger partial charge in [-0.25, -0.2) is 35.6 Å². The molecule has 2 aliphatic carbocycles. The van der Waals surface area contributed by atoms with Crippen molar-refractivity contribution in [1.82, 2.24) is 19.8 Å². The molecule has 5 amide bonds. The fourth-order valence-electron chi connectivity index (χ4n) is 7.47. The molecule has 2 atom stereocenters. The number of nitrogen functional groups attached to an aromatic ring is 1. The van der Waals surface area contributed by atoms with Crippen molar-refractivity contribution in [2.24, 2.45) is 11.8 Å². The van der Waals surface area contributed by atoms with Gasteiger partial charge >= 0.3 is 0 Å². The second kappa shape index (κ2) is 21.7. The van der Waals surface area contributed by atoms with E-state index < -0.39 is 89.7 Å². The van der Waals surface area contributed by atoms with Crippen molar-refractivity contribution in [2.45, 2.75) is 51.6 Å². The summed E-state index contributed by atoms with van der Waals surface area (Å²) in [5, 5.41) is 2.44. The van der Waals surface area contributed by atoms with Crippen molar-refractivity contribution < 1.29 is 73.3 Å². The number of nitrogens with one attached hydrogen (secondary N) is 1. The third kappa shape index (κ3) is 12.2. The lowest BCUT2D eigenvalue weighted by molar-refractivity contribution is -0.117. The quantitative estimate of drug-likeness (QED) is 0.0789. The Bertz CT molecular complexity index is 3000. The minimum Gasteiger partial charge on any atom is -0.491 e. The van der Waals surface area contributed by atoms with E-state index in [-0.39, 0.29) is 93.3 Å². The highest BCUT2D eigenvalue weighted by molar-refractivity contribution is 7.90. The Morgan fingerprint density at radius 1 is 0.676 bits per heavy atom. The first kappa shape index (κ1) is 53.6. The Balaban J connectivity index is 0.000000209. The van der Waals surface area contributed by atoms with Crippen molar-refractivity contribution in [3.05, 3.63) is 93.8 Å². The van der Waals surface area contributed by atoms with Crippen LogP contribution in [0, 0.1) is 23.5 Å². The van der Waals surface area contributed by atoms with Gasteiger partial charge in [-0.05, 0) is 99.7 Å². The first-order chi connectivity index (χ1) is 33.4. The Kier molecular flexibility index (Phi) is 16.4. The molecule has 2 fully saturated rings. The highest BCUT2D eigenvalue weighted by atomic mass is 35.5. The van der Waals surface area contributed by atoms with Gasteiger partial charge in [0.05, 0.1) is 90.4 Å². The molecule has 0 bridgehead atoms. The number of sulfone groups is 2. The number of pyridine rings is 2. The van der Waals surface area contributed by atoms with Crippen LogP contribution in [-0.2, 0) is 29.3 Å². The van der Waals surface area contributed by atoms with Crippen LogP contribution < -0.4 is 30.0 Å². The molecule has 0 radical (unpaired) electrons. The summed E-state index contributed by atoms with van der Waals surface area (Å²) < 4.78 is 99.1. The van der Waals surface area contributed by atoms with E-state index in [2.05, 4.69) is 15.3 Å². The number of nitrogens with zero attached hydrogens (tertiary/aromatic N) is 4. The van der Waals surface area contributed by atoms with Crippen LogP contribution in [-0.4, -0.2) is 123 Å². The summed E-state index contributed by atoms with van der Waals surface area (Å²) in [5.74, 6) is -6.61. The number of hydrogen-bond acceptors (Lipinski definition) is 17. The number of rotatable bonds is 17. The van der Waals surface area contributed by atoms with Crippen LogP contribution in [0.2, 0.25) is 0 Å². The monoisotopic (exact) mass is 1050 g/mol. The summed E-state index contributed by atoms with van der Waals surface area (Å²) in [7, 11) is -4.63. The predicted octanol–water partition coefficient (Wildman–Crippen LogP) is 5.11. The van der Waals surface area contributed by atoms with Gasteiger partial charge in [-0.1, -0.05) is 0 Å². The van der Waals surface area contributed by atoms with Crippen molar-refractivity contribution in [3.63, 3.8) is 0 Å². The normalized spacial score (nSPS) is 15.9. The molecule has 2 aliphatic heterocycles. The molecule has 2 aromatic carbocycles. The molecule has 0 saturated heterocycles. The third-order valence-electron chi connectivity index (χ3n) is 11.1. The van der Waals surface area contributed by atoms with Gasteiger partial charge in [-0.15, -0.1) is 0 Å². The SMILES string of the molecule is CCOc1nc(C(CS(C)(=O)=O)N2C(=O)c3c(F)ccc(NC(=O)C4CC4)c3C2=O)ccc1OC.CCOc1nc(C(CS(C)(=O)=O)N2C(=O)c3c(N)ccc(F)c3C2=O)ccc1OC.O=C(Cl)C1CC1. The molecule has 3 N–H and O–H groups in total. The molecule has 380 valence electrons. The summed E-state index contributed by atoms with van der Waals surface area (Å²) in [6, 6.07) is 7.44. The van der Waals surface area contributed by atoms with Crippen LogP contribution in [0.1, 0.15) is 104 Å². The largest absolute Gasteiger partial charge is 0.491 e. The van der Waals surface area contributed by atoms with Crippen molar-refractivity contribution in [1.29, 1.82) is 0 Å². The standard InChI is InChI=1S/C23H24FN3O7S.C19H20FN3O6S.C4H5ClO/c1-4-34-21-17(33-2)10-9-14(26-21)16(11-35(3,31)32)27-22(29)18-13(24)7-8-15(19(18)23(27)30)25-20(28)12-5-6-12;1-4-29-17-14(28-2)8-7-12(22-17)13(9-30(3,26)27)23-18(24)15-10(20)5-6-11(21)16(15)19(23)25;5-4(6)3-1-2-3/h7-10,12,16H,4-6,11H2,1-3H3,(H,25,28);5-8,13H,4,9,21H2,1-3H3;3H,1-2H2. The highest BCUT2D eigenvalue weighted by Gasteiger charge is 2.47. The lowest BCUT2D eigenvalue weighted by Crippen LogP contribution is -2.38. The van der Waals surface area contributed by atoms with Crippen molar-refractivity contribution in [3.8, 4) is 23.3 Å². The average Bonchev–Trinajstić information content (AvgIpc) is 4.24. The van der Waals surface area contributed by atoms with Crippen LogP contribution in [0.25, 0.3) is 0 Å². The number of imide groups is 2. The number of amides is 5. The molecule has 4 aromatic rings. The van der Waals surface area contributed by atoms with Crippen LogP contribution in [0.3, 0.4) is 0 Å². The maximum Gasteiger partial charge on any atom is 0.265 e. The number of ether oxygens (including phenoxy) is 4. The number of nitrogens with two attached hydrogens (primary N) is 1. The molecule has 8 rings (SSSR count). The maximum atomic E-state index is 14.8. The van der Waals surface area contributed by atoms with Crippen LogP contribution in [0.5, 0.6) is 23.3 Å². The van der Waals surface area contributed by atoms with E-state index in [0.717, 1.165) is 37.5 Å². The molecular formula is C46H49ClF2N6O14S2. The number of aromatic nitrogens is 2. The number of carbonyl (C=O) groups excluding carboxylic acids is 6. The number of carbonyl (C=O) groups is 6. The molecular weight excluding hydrogens is 998 g/mol. The maximum absolute atomic E-state index is 14.8. The Hall–Kier alpha value is -6.79. The molecule has 25 heteroatoms. The van der Waals surface area contributed by atoms with Crippen LogP contribution in [0.15, 0.2) is 48.5 Å². The fourth-order valence-corrected chi connectivity index (χ4v) is 9.48. The first-order valence-electron chi connectivity index (χ1n) is 21.8. The summed E-state index contributed by atoms with van der Waals surface area (Å²) in [5.41, 5.74) is 4.18. The Morgan fingerprint density at radius 2 is 1.08 bits per heavy atom. The zero-order valence-electron chi connectivity index (χ0n) is 39.1. The average molecular weight is 1050 g/mol. The van der Waals surface area contributed by atoms with Gasteiger partial charge in [-0.2, -0.15) is 0 Å². The van der Waals surface area contributed by atoms with E-state index in [1.54, 1.807) is 13.8 Å². The highest BCUT2D eigenvalue weighted by Crippen LogP contribution is 2.41. The first-order valence-corrected chi connectivity index (χ1v) is 26.3. The van der Waals surface area contributed by atoms with Gasteiger partial charge in [0.2, 0.25) is 11.1 Å². The van der Waals surface area contributed by atoms with Gasteiger partial charge in [0.25, 0.3) is 35.4 Å². The van der Waals surface area contributed by atoms with Gasteiger partial charge in [0.1, 0.15) is 31.3 Å². The number of benzene rings is 2. The summed E-state index contributed by atoms with van der Waals surface area (Å²) in [4.78, 5) is 84.9. The summed E-state index contributed by atoms with van der Waals surface area (Å²) in [6.45, 7) is 3.91. The molecule has 20 nitrogen and oxygen atoms in total. The second-order valence-corrected chi connectivity index (χ2v) is 21.3. The minimum atomic E-state index is -3.75. The summed E-state index contributed by atoms with van der Waals surface area (Å²) in [6.07, 6.45) is 5.35. The zero-order chi connectivity index (χ0) is 52.3. The number of methoxy groups -OCH3 is 2. The summed E-state index contributed by atoms with van der Waals surface area (Å²) >= 11 is 5.04. The van der Waals surface area contributed by atoms with E-state index in [9.17, 15) is 54.4 Å². The molecule has 2 saturated carbocycles. The van der Waals surface area contributed by atoms with Gasteiger partial charge in [0.15, 0.2) is 11.5 Å². The lowest BCUT2D eigenvalue weighted by atomic mass is 10.1. The van der Waals surface area contributed by atoms with Crippen molar-refractivity contribution >= 4 is 77.4 Å². The number of fused-ring (bicyclic) bond motifs is 2. The van der Waals surface area contributed by atoms with E-state index in [1.165, 1.54) is 50.6 Å². The molecule has 4 aliphatic rings. The van der Waals surface area contributed by atoms with E-state index in [1.807, 2.05) is 0 Å². The molecule has 4 heterocycles. The number of hydrogen-bond donors (Lipinski definition) is 2. The van der Waals surface area contributed by atoms with Crippen molar-refractivity contribution in [2.75, 3.05) is 62.5 Å². The van der Waals surface area contributed by atoms with Gasteiger partial charge < -0.3 is 30.0 Å². The Morgan fingerprint density at radius 3 is 1.45 bits per heavy atom. The number of halogens is 3. The lowest BCUT2D eigenvalue weighted by Gasteiger charge is -2.26. The topological polar surface area (TPSA) is 278 Å². The zero-order valence-corrected chi connectivity index (χ0v) is 41.5. The smallest absolute Gasteiger partial charge is 0.265 e. The predicted molar refractivity (Wildman–Crippen MR) is 252 cm³/mol. The minimum absolute atomic E-state index is 0.00467. The third-order valence-corrected chi connectivity index (χ3v) is 13.3. The van der Waals surface area contributed by atoms with Gasteiger partial charge in [0, 0.05) is 30.0 Å². The van der Waals surface area contributed by atoms with Crippen LogP contribution >= 0.6 is 11.6 Å².